The summed E-state index contributed by atoms with van der Waals surface area (Å²) in [4.78, 5) is 15.7. The number of rotatable bonds is 3. The lowest BCUT2D eigenvalue weighted by Gasteiger charge is -2.05. The molecule has 0 atom stereocenters. The van der Waals surface area contributed by atoms with Crippen LogP contribution in [-0.2, 0) is 4.74 Å². The van der Waals surface area contributed by atoms with Crippen LogP contribution in [0.1, 0.15) is 10.5 Å². The van der Waals surface area contributed by atoms with E-state index in [1.807, 2.05) is 0 Å². The number of hydrogen-bond donors (Lipinski definition) is 1. The Morgan fingerprint density at radius 2 is 2.16 bits per heavy atom. The molecule has 1 aromatic carbocycles. The fourth-order valence-electron chi connectivity index (χ4n) is 1.54. The molecule has 0 aliphatic heterocycles. The SMILES string of the molecule is COC(=O)c1nc(-c2cc(Cl)ccc2OC)sc1N. The highest BCUT2D eigenvalue weighted by Gasteiger charge is 2.19. The lowest BCUT2D eigenvalue weighted by Crippen LogP contribution is -2.04. The van der Waals surface area contributed by atoms with Gasteiger partial charge in [-0.3, -0.25) is 0 Å². The molecule has 100 valence electrons. The first kappa shape index (κ1) is 13.6. The summed E-state index contributed by atoms with van der Waals surface area (Å²) in [5, 5.41) is 1.39. The number of carbonyl (C=O) groups excluding carboxylic acids is 1. The van der Waals surface area contributed by atoms with Gasteiger partial charge in [-0.1, -0.05) is 22.9 Å². The van der Waals surface area contributed by atoms with Crippen LogP contribution >= 0.6 is 22.9 Å². The van der Waals surface area contributed by atoms with Crippen LogP contribution in [0.3, 0.4) is 0 Å². The second-order valence-corrected chi connectivity index (χ2v) is 5.04. The summed E-state index contributed by atoms with van der Waals surface area (Å²) < 4.78 is 9.86. The van der Waals surface area contributed by atoms with E-state index in [9.17, 15) is 4.79 Å². The number of nitrogens with two attached hydrogens (primary N) is 1. The van der Waals surface area contributed by atoms with Crippen molar-refractivity contribution in [3.63, 3.8) is 0 Å². The molecule has 0 aliphatic rings. The van der Waals surface area contributed by atoms with E-state index in [-0.39, 0.29) is 5.69 Å². The molecule has 2 aromatic rings. The summed E-state index contributed by atoms with van der Waals surface area (Å²) in [5.41, 5.74) is 6.55. The molecule has 2 N–H and O–H groups in total. The summed E-state index contributed by atoms with van der Waals surface area (Å²) in [6.45, 7) is 0. The van der Waals surface area contributed by atoms with Gasteiger partial charge in [0, 0.05) is 5.02 Å². The molecular formula is C12H11ClN2O3S. The summed E-state index contributed by atoms with van der Waals surface area (Å²) in [5.74, 6) is 0.0376. The largest absolute Gasteiger partial charge is 0.496 e. The van der Waals surface area contributed by atoms with E-state index in [4.69, 9.17) is 22.1 Å². The van der Waals surface area contributed by atoms with Crippen molar-refractivity contribution in [2.75, 3.05) is 20.0 Å². The second-order valence-electron chi connectivity index (χ2n) is 3.57. The quantitative estimate of drug-likeness (QED) is 0.882. The number of aromatic nitrogens is 1. The maximum Gasteiger partial charge on any atom is 0.359 e. The number of halogens is 1. The molecule has 0 aliphatic carbocycles. The molecule has 1 heterocycles. The van der Waals surface area contributed by atoms with Crippen molar-refractivity contribution < 1.29 is 14.3 Å². The van der Waals surface area contributed by atoms with Crippen molar-refractivity contribution in [3.05, 3.63) is 28.9 Å². The van der Waals surface area contributed by atoms with Crippen LogP contribution in [0.4, 0.5) is 5.00 Å². The van der Waals surface area contributed by atoms with E-state index < -0.39 is 5.97 Å². The van der Waals surface area contributed by atoms with Crippen LogP contribution in [-0.4, -0.2) is 25.2 Å². The van der Waals surface area contributed by atoms with Gasteiger partial charge in [0.15, 0.2) is 5.69 Å². The number of hydrogen-bond acceptors (Lipinski definition) is 6. The van der Waals surface area contributed by atoms with E-state index >= 15 is 0 Å². The van der Waals surface area contributed by atoms with Gasteiger partial charge in [-0.05, 0) is 18.2 Å². The van der Waals surface area contributed by atoms with Crippen LogP contribution in [0.5, 0.6) is 5.75 Å². The van der Waals surface area contributed by atoms with Crippen LogP contribution in [0, 0.1) is 0 Å². The topological polar surface area (TPSA) is 74.4 Å². The first-order valence-electron chi connectivity index (χ1n) is 5.25. The smallest absolute Gasteiger partial charge is 0.359 e. The number of anilines is 1. The van der Waals surface area contributed by atoms with Gasteiger partial charge in [0.1, 0.15) is 15.8 Å². The van der Waals surface area contributed by atoms with Crippen molar-refractivity contribution in [1.82, 2.24) is 4.98 Å². The van der Waals surface area contributed by atoms with Crippen molar-refractivity contribution in [1.29, 1.82) is 0 Å². The molecule has 0 spiro atoms. The van der Waals surface area contributed by atoms with E-state index in [0.29, 0.717) is 26.3 Å². The monoisotopic (exact) mass is 298 g/mol. The van der Waals surface area contributed by atoms with Gasteiger partial charge >= 0.3 is 5.97 Å². The molecule has 0 bridgehead atoms. The average Bonchev–Trinajstić information content (AvgIpc) is 2.79. The first-order chi connectivity index (χ1) is 9.06. The minimum absolute atomic E-state index is 0.101. The zero-order chi connectivity index (χ0) is 14.0. The van der Waals surface area contributed by atoms with E-state index in [2.05, 4.69) is 9.72 Å². The summed E-state index contributed by atoms with van der Waals surface area (Å²) in [7, 11) is 2.83. The molecule has 0 radical (unpaired) electrons. The molecule has 2 rings (SSSR count). The third-order valence-corrected chi connectivity index (χ3v) is 3.58. The lowest BCUT2D eigenvalue weighted by molar-refractivity contribution is 0.0596. The van der Waals surface area contributed by atoms with Crippen molar-refractivity contribution in [3.8, 4) is 16.3 Å². The van der Waals surface area contributed by atoms with Gasteiger partial charge in [-0.2, -0.15) is 0 Å². The highest BCUT2D eigenvalue weighted by molar-refractivity contribution is 7.19. The Kier molecular flexibility index (Phi) is 3.92. The van der Waals surface area contributed by atoms with Gasteiger partial charge in [-0.25, -0.2) is 9.78 Å². The predicted molar refractivity (Wildman–Crippen MR) is 74.9 cm³/mol. The number of methoxy groups -OCH3 is 2. The summed E-state index contributed by atoms with van der Waals surface area (Å²) >= 11 is 7.14. The molecule has 1 aromatic heterocycles. The van der Waals surface area contributed by atoms with Crippen molar-refractivity contribution in [2.24, 2.45) is 0 Å². The number of nitrogens with zero attached hydrogens (tertiary/aromatic N) is 1. The molecule has 0 saturated heterocycles. The van der Waals surface area contributed by atoms with Gasteiger partial charge in [0.05, 0.1) is 19.8 Å². The highest BCUT2D eigenvalue weighted by atomic mass is 35.5. The number of esters is 1. The Morgan fingerprint density at radius 1 is 1.42 bits per heavy atom. The Balaban J connectivity index is 2.53. The molecule has 0 saturated carbocycles. The number of carbonyl (C=O) groups is 1. The predicted octanol–water partition coefficient (Wildman–Crippen LogP) is 2.84. The number of nitrogen functional groups attached to an aromatic ring is 1. The molecule has 19 heavy (non-hydrogen) atoms. The highest BCUT2D eigenvalue weighted by Crippen LogP contribution is 2.37. The molecule has 0 unspecified atom stereocenters. The molecule has 0 amide bonds. The van der Waals surface area contributed by atoms with Crippen molar-refractivity contribution >= 4 is 33.9 Å². The lowest BCUT2D eigenvalue weighted by atomic mass is 10.2. The Bertz CT molecular complexity index is 627. The third kappa shape index (κ3) is 2.64. The van der Waals surface area contributed by atoms with Crippen LogP contribution in [0.15, 0.2) is 18.2 Å². The Labute approximate surface area is 118 Å². The van der Waals surface area contributed by atoms with E-state index in [0.717, 1.165) is 0 Å². The zero-order valence-electron chi connectivity index (χ0n) is 10.3. The average molecular weight is 299 g/mol. The van der Waals surface area contributed by atoms with Crippen LogP contribution < -0.4 is 10.5 Å². The number of benzene rings is 1. The second kappa shape index (κ2) is 5.46. The minimum atomic E-state index is -0.569. The fraction of sp³-hybridized carbons (Fsp3) is 0.167. The zero-order valence-corrected chi connectivity index (χ0v) is 11.8. The van der Waals surface area contributed by atoms with Gasteiger partial charge in [0.25, 0.3) is 0 Å². The number of ether oxygens (including phenoxy) is 2. The first-order valence-corrected chi connectivity index (χ1v) is 6.44. The van der Waals surface area contributed by atoms with Gasteiger partial charge < -0.3 is 15.2 Å². The maximum atomic E-state index is 11.5. The van der Waals surface area contributed by atoms with Crippen LogP contribution in [0.25, 0.3) is 10.6 Å². The normalized spacial score (nSPS) is 10.3. The molecule has 5 nitrogen and oxygen atoms in total. The van der Waals surface area contributed by atoms with Gasteiger partial charge in [0.2, 0.25) is 0 Å². The standard InChI is InChI=1S/C12H11ClN2O3S/c1-17-8-4-3-6(13)5-7(8)11-15-9(10(14)19-11)12(16)18-2/h3-5H,14H2,1-2H3. The third-order valence-electron chi connectivity index (χ3n) is 2.42. The maximum absolute atomic E-state index is 11.5. The summed E-state index contributed by atoms with van der Waals surface area (Å²) in [6, 6.07) is 5.15. The fourth-order valence-corrected chi connectivity index (χ4v) is 2.55. The van der Waals surface area contributed by atoms with E-state index in [1.54, 1.807) is 25.3 Å². The Hall–Kier alpha value is -1.79. The number of thiazole rings is 1. The summed E-state index contributed by atoms with van der Waals surface area (Å²) in [6.07, 6.45) is 0. The van der Waals surface area contributed by atoms with Crippen LogP contribution in [0.2, 0.25) is 5.02 Å². The van der Waals surface area contributed by atoms with Crippen molar-refractivity contribution in [2.45, 2.75) is 0 Å². The van der Waals surface area contributed by atoms with Gasteiger partial charge in [-0.15, -0.1) is 0 Å². The molecule has 0 fully saturated rings. The van der Waals surface area contributed by atoms with E-state index in [1.165, 1.54) is 18.4 Å². The minimum Gasteiger partial charge on any atom is -0.496 e. The molecular weight excluding hydrogens is 288 g/mol. The molecule has 7 heteroatoms. The Morgan fingerprint density at radius 3 is 2.79 bits per heavy atom.